The summed E-state index contributed by atoms with van der Waals surface area (Å²) in [6, 6.07) is 0. The fraction of sp³-hybridized carbons (Fsp3) is 1.00. The Labute approximate surface area is 122 Å². The Balaban J connectivity index is 0. The van der Waals surface area contributed by atoms with Gasteiger partial charge >= 0.3 is 0 Å². The molecule has 0 saturated heterocycles. The van der Waals surface area contributed by atoms with Gasteiger partial charge in [-0.1, -0.05) is 70.2 Å². The van der Waals surface area contributed by atoms with Crippen LogP contribution in [0, 0.1) is 37.7 Å². The molecule has 0 nitrogen and oxygen atoms in total. The largest absolute Gasteiger partial charge is 0.0901 e. The van der Waals surface area contributed by atoms with Crippen LogP contribution in [-0.4, -0.2) is 15.5 Å². The van der Waals surface area contributed by atoms with Gasteiger partial charge in [-0.25, -0.2) is 0 Å². The SMILES string of the molecule is CC(C)(C)P(C(C)(C)C)C(C)(C)C.[Ar]. The second kappa shape index (κ2) is 5.35. The van der Waals surface area contributed by atoms with E-state index in [4.69, 9.17) is 0 Å². The van der Waals surface area contributed by atoms with E-state index in [9.17, 15) is 0 Å². The second-order valence-electron chi connectivity index (χ2n) is 6.85. The van der Waals surface area contributed by atoms with Crippen LogP contribution in [-0.2, 0) is 0 Å². The molecule has 0 aliphatic carbocycles. The molecule has 0 aliphatic rings. The molecule has 0 radical (unpaired) electrons. The van der Waals surface area contributed by atoms with Crippen molar-refractivity contribution in [2.45, 2.75) is 77.8 Å². The first-order chi connectivity index (χ1) is 5.37. The summed E-state index contributed by atoms with van der Waals surface area (Å²) in [5, 5.41) is 1.35. The molecule has 0 fully saturated rings. The van der Waals surface area contributed by atoms with Gasteiger partial charge in [-0.15, -0.1) is 0 Å². The molecule has 0 aromatic carbocycles. The van der Waals surface area contributed by atoms with E-state index in [1.54, 1.807) is 0 Å². The predicted molar refractivity (Wildman–Crippen MR) is 66.2 cm³/mol. The Morgan fingerprint density at radius 3 is 0.643 bits per heavy atom. The predicted octanol–water partition coefficient (Wildman–Crippen LogP) is 4.86. The van der Waals surface area contributed by atoms with Crippen LogP contribution in [0.1, 0.15) is 62.3 Å². The zero-order valence-electron chi connectivity index (χ0n) is 11.3. The van der Waals surface area contributed by atoms with E-state index < -0.39 is 0 Å². The Morgan fingerprint density at radius 2 is 0.643 bits per heavy atom. The Morgan fingerprint density at radius 1 is 0.500 bits per heavy atom. The van der Waals surface area contributed by atoms with E-state index in [2.05, 4.69) is 62.3 Å². The number of hydrogen-bond acceptors (Lipinski definition) is 0. The van der Waals surface area contributed by atoms with Crippen molar-refractivity contribution < 1.29 is 37.7 Å². The number of hydrogen-bond donors (Lipinski definition) is 0. The molecule has 0 aromatic rings. The van der Waals surface area contributed by atoms with Gasteiger partial charge in [0.25, 0.3) is 0 Å². The molecular formula is C12H27ArP. The average molecular weight is 242 g/mol. The van der Waals surface area contributed by atoms with E-state index in [-0.39, 0.29) is 45.7 Å². The molecule has 0 spiro atoms. The summed E-state index contributed by atoms with van der Waals surface area (Å²) in [6.45, 7) is 21.5. The van der Waals surface area contributed by atoms with Gasteiger partial charge in [-0.3, -0.25) is 0 Å². The van der Waals surface area contributed by atoms with E-state index in [1.807, 2.05) is 0 Å². The third kappa shape index (κ3) is 5.69. The van der Waals surface area contributed by atoms with Gasteiger partial charge in [0.1, 0.15) is 0 Å². The van der Waals surface area contributed by atoms with Crippen molar-refractivity contribution in [2.75, 3.05) is 0 Å². The molecule has 0 unspecified atom stereocenters. The minimum absolute atomic E-state index is 0. The van der Waals surface area contributed by atoms with Crippen LogP contribution in [0.5, 0.6) is 0 Å². The van der Waals surface area contributed by atoms with Gasteiger partial charge in [0.2, 0.25) is 0 Å². The van der Waals surface area contributed by atoms with E-state index in [1.165, 1.54) is 0 Å². The second-order valence-corrected chi connectivity index (χ2v) is 11.5. The first-order valence-corrected chi connectivity index (χ1v) is 6.51. The molecule has 0 aliphatic heterocycles. The summed E-state index contributed by atoms with van der Waals surface area (Å²) in [5.41, 5.74) is 0. The van der Waals surface area contributed by atoms with Crippen LogP contribution in [0.4, 0.5) is 0 Å². The molecule has 14 heavy (non-hydrogen) atoms. The van der Waals surface area contributed by atoms with Crippen molar-refractivity contribution in [1.82, 2.24) is 0 Å². The summed E-state index contributed by atoms with van der Waals surface area (Å²) in [7, 11) is 0.0162. The van der Waals surface area contributed by atoms with E-state index in [0.717, 1.165) is 0 Å². The summed E-state index contributed by atoms with van der Waals surface area (Å²) in [5.74, 6) is 0. The van der Waals surface area contributed by atoms with Crippen LogP contribution in [0.25, 0.3) is 0 Å². The minimum atomic E-state index is 0. The average Bonchev–Trinajstić information content (AvgIpc) is 1.44. The van der Waals surface area contributed by atoms with Crippen LogP contribution in [0.2, 0.25) is 0 Å². The van der Waals surface area contributed by atoms with Crippen molar-refractivity contribution in [3.8, 4) is 0 Å². The zero-order chi connectivity index (χ0) is 11.1. The summed E-state index contributed by atoms with van der Waals surface area (Å²) in [6.07, 6.45) is 0. The minimum Gasteiger partial charge on any atom is -0.0901 e. The molecule has 0 heterocycles. The molecule has 0 saturated carbocycles. The van der Waals surface area contributed by atoms with E-state index >= 15 is 0 Å². The third-order valence-electron chi connectivity index (χ3n) is 2.01. The maximum atomic E-state index is 2.38. The molecule has 0 bridgehead atoms. The Bertz CT molecular complexity index is 133. The van der Waals surface area contributed by atoms with Gasteiger partial charge in [-0.05, 0) is 15.5 Å². The van der Waals surface area contributed by atoms with Crippen molar-refractivity contribution >= 4 is 7.92 Å². The Kier molecular flexibility index (Phi) is 6.90. The standard InChI is InChI=1S/C12H27P.Ar/c1-10(2,3)13(11(4,5)6)12(7,8)9;/h1-9H3;. The van der Waals surface area contributed by atoms with E-state index in [0.29, 0.717) is 15.5 Å². The van der Waals surface area contributed by atoms with Crippen LogP contribution < -0.4 is 0 Å². The number of rotatable bonds is 0. The van der Waals surface area contributed by atoms with Crippen molar-refractivity contribution in [3.63, 3.8) is 0 Å². The van der Waals surface area contributed by atoms with Crippen LogP contribution in [0.15, 0.2) is 0 Å². The van der Waals surface area contributed by atoms with Gasteiger partial charge in [0.05, 0.1) is 0 Å². The molecule has 0 aromatic heterocycles. The molecule has 0 atom stereocenters. The van der Waals surface area contributed by atoms with Crippen molar-refractivity contribution in [3.05, 3.63) is 0 Å². The first-order valence-electron chi connectivity index (χ1n) is 5.17. The van der Waals surface area contributed by atoms with Crippen LogP contribution >= 0.6 is 7.92 Å². The molecule has 88 valence electrons. The van der Waals surface area contributed by atoms with Gasteiger partial charge in [-0.2, -0.15) is 0 Å². The third-order valence-corrected chi connectivity index (χ3v) is 6.04. The smallest absolute Gasteiger partial charge is 0 e. The van der Waals surface area contributed by atoms with Crippen molar-refractivity contribution in [2.24, 2.45) is 0 Å². The fourth-order valence-electron chi connectivity index (χ4n) is 3.02. The summed E-state index contributed by atoms with van der Waals surface area (Å²) in [4.78, 5) is 0. The van der Waals surface area contributed by atoms with Gasteiger partial charge in [0.15, 0.2) is 0 Å². The maximum absolute atomic E-state index is 2.38. The fourth-order valence-corrected chi connectivity index (χ4v) is 9.06. The van der Waals surface area contributed by atoms with Gasteiger partial charge in [0, 0.05) is 37.7 Å². The summed E-state index contributed by atoms with van der Waals surface area (Å²) < 4.78 is 0. The Hall–Kier alpha value is 1.69. The monoisotopic (exact) mass is 242 g/mol. The zero-order valence-corrected chi connectivity index (χ0v) is 12.9. The molecule has 0 rings (SSSR count). The normalized spacial score (nSPS) is 14.1. The maximum Gasteiger partial charge on any atom is 0 e. The topological polar surface area (TPSA) is 0 Å². The summed E-state index contributed by atoms with van der Waals surface area (Å²) >= 11 is 0. The molecule has 0 N–H and O–H groups in total. The molecule has 2 heteroatoms. The van der Waals surface area contributed by atoms with Crippen LogP contribution in [0.3, 0.4) is 0 Å². The van der Waals surface area contributed by atoms with Gasteiger partial charge < -0.3 is 0 Å². The quantitative estimate of drug-likeness (QED) is 0.532. The molecular weight excluding hydrogens is 215 g/mol. The first kappa shape index (κ1) is 18.1. The van der Waals surface area contributed by atoms with Crippen molar-refractivity contribution in [1.29, 1.82) is 0 Å². The molecule has 0 amide bonds.